The lowest BCUT2D eigenvalue weighted by Crippen LogP contribution is -1.93. The Balaban J connectivity index is 2.80. The zero-order chi connectivity index (χ0) is 8.55. The van der Waals surface area contributed by atoms with Gasteiger partial charge in [0.1, 0.15) is 5.52 Å². The topological polar surface area (TPSA) is 52.0 Å². The van der Waals surface area contributed by atoms with E-state index < -0.39 is 0 Å². The Morgan fingerprint density at radius 1 is 1.50 bits per heavy atom. The number of hydrogen-bond donors (Lipinski definition) is 1. The lowest BCUT2D eigenvalue weighted by molar-refractivity contribution is 0.390. The molecule has 0 bridgehead atoms. The van der Waals surface area contributed by atoms with Crippen LogP contribution in [-0.4, -0.2) is 5.16 Å². The summed E-state index contributed by atoms with van der Waals surface area (Å²) in [5.41, 5.74) is 5.60. The first-order valence-electron chi connectivity index (χ1n) is 3.56. The number of nitrogens with zero attached hydrogens (tertiary/aromatic N) is 1. The van der Waals surface area contributed by atoms with Gasteiger partial charge in [0, 0.05) is 5.39 Å². The second-order valence-electron chi connectivity index (χ2n) is 2.45. The monoisotopic (exact) mass is 166 g/mol. The van der Waals surface area contributed by atoms with Gasteiger partial charge in [0.2, 0.25) is 0 Å². The molecule has 0 aliphatic heterocycles. The largest absolute Gasteiger partial charge is 0.359 e. The third-order valence-electron chi connectivity index (χ3n) is 1.72. The van der Waals surface area contributed by atoms with E-state index in [4.69, 9.17) is 10.3 Å². The first-order valence-corrected chi connectivity index (χ1v) is 3.56. The zero-order valence-corrected chi connectivity index (χ0v) is 6.25. The molecule has 0 atom stereocenters. The van der Waals surface area contributed by atoms with Crippen molar-refractivity contribution in [3.05, 3.63) is 29.8 Å². The standard InChI is InChI=1S/C8H7FN2O/c9-6-3-1-2-5-7(4-10)12-11-8(5)6/h1-3H,4,10H2. The van der Waals surface area contributed by atoms with Crippen molar-refractivity contribution in [2.75, 3.05) is 0 Å². The summed E-state index contributed by atoms with van der Waals surface area (Å²) in [6, 6.07) is 4.68. The molecule has 0 unspecified atom stereocenters. The van der Waals surface area contributed by atoms with Gasteiger partial charge in [0.05, 0.1) is 6.54 Å². The quantitative estimate of drug-likeness (QED) is 0.697. The number of benzene rings is 1. The highest BCUT2D eigenvalue weighted by Crippen LogP contribution is 2.19. The first kappa shape index (κ1) is 7.24. The summed E-state index contributed by atoms with van der Waals surface area (Å²) in [7, 11) is 0. The Labute approximate surface area is 67.9 Å². The van der Waals surface area contributed by atoms with E-state index in [1.165, 1.54) is 6.07 Å². The van der Waals surface area contributed by atoms with Crippen molar-refractivity contribution < 1.29 is 8.91 Å². The number of hydrogen-bond acceptors (Lipinski definition) is 3. The van der Waals surface area contributed by atoms with Gasteiger partial charge in [-0.3, -0.25) is 0 Å². The molecule has 0 saturated heterocycles. The van der Waals surface area contributed by atoms with Crippen LogP contribution in [0.2, 0.25) is 0 Å². The van der Waals surface area contributed by atoms with Crippen LogP contribution in [0.3, 0.4) is 0 Å². The van der Waals surface area contributed by atoms with E-state index in [1.807, 2.05) is 0 Å². The minimum Gasteiger partial charge on any atom is -0.359 e. The Hall–Kier alpha value is -1.42. The molecule has 0 spiro atoms. The van der Waals surface area contributed by atoms with Gasteiger partial charge in [0.15, 0.2) is 11.6 Å². The Morgan fingerprint density at radius 3 is 3.08 bits per heavy atom. The van der Waals surface area contributed by atoms with Gasteiger partial charge in [0.25, 0.3) is 0 Å². The van der Waals surface area contributed by atoms with Crippen LogP contribution in [0.15, 0.2) is 22.7 Å². The van der Waals surface area contributed by atoms with Crippen molar-refractivity contribution in [1.82, 2.24) is 5.16 Å². The third kappa shape index (κ3) is 0.887. The average Bonchev–Trinajstić information content (AvgIpc) is 2.49. The molecule has 1 aromatic heterocycles. The average molecular weight is 166 g/mol. The van der Waals surface area contributed by atoms with Gasteiger partial charge < -0.3 is 10.3 Å². The molecule has 4 heteroatoms. The molecular weight excluding hydrogens is 159 g/mol. The van der Waals surface area contributed by atoms with E-state index in [0.29, 0.717) is 11.1 Å². The normalized spacial score (nSPS) is 10.8. The summed E-state index contributed by atoms with van der Waals surface area (Å²) in [6.45, 7) is 0.236. The van der Waals surface area contributed by atoms with E-state index in [9.17, 15) is 4.39 Å². The zero-order valence-electron chi connectivity index (χ0n) is 6.25. The number of rotatable bonds is 1. The lowest BCUT2D eigenvalue weighted by Gasteiger charge is -1.89. The summed E-state index contributed by atoms with van der Waals surface area (Å²) in [5.74, 6) is 0.139. The predicted octanol–water partition coefficient (Wildman–Crippen LogP) is 1.43. The van der Waals surface area contributed by atoms with Crippen molar-refractivity contribution in [3.63, 3.8) is 0 Å². The van der Waals surface area contributed by atoms with Gasteiger partial charge in [-0.1, -0.05) is 11.2 Å². The maximum atomic E-state index is 13.0. The molecule has 0 amide bonds. The van der Waals surface area contributed by atoms with Crippen molar-refractivity contribution >= 4 is 10.9 Å². The van der Waals surface area contributed by atoms with Crippen LogP contribution in [0.4, 0.5) is 4.39 Å². The van der Waals surface area contributed by atoms with Crippen LogP contribution < -0.4 is 5.73 Å². The molecule has 0 saturated carbocycles. The van der Waals surface area contributed by atoms with Crippen molar-refractivity contribution in [1.29, 1.82) is 0 Å². The summed E-state index contributed by atoms with van der Waals surface area (Å²) >= 11 is 0. The van der Waals surface area contributed by atoms with Gasteiger partial charge in [-0.2, -0.15) is 0 Å². The summed E-state index contributed by atoms with van der Waals surface area (Å²) in [4.78, 5) is 0. The van der Waals surface area contributed by atoms with Crippen LogP contribution in [0, 0.1) is 5.82 Å². The SMILES string of the molecule is NCc1onc2c(F)cccc12. The maximum Gasteiger partial charge on any atom is 0.158 e. The highest BCUT2D eigenvalue weighted by Gasteiger charge is 2.09. The fourth-order valence-electron chi connectivity index (χ4n) is 1.13. The molecule has 2 aromatic rings. The lowest BCUT2D eigenvalue weighted by atomic mass is 10.2. The van der Waals surface area contributed by atoms with E-state index >= 15 is 0 Å². The fraction of sp³-hybridized carbons (Fsp3) is 0.125. The second-order valence-corrected chi connectivity index (χ2v) is 2.45. The molecule has 62 valence electrons. The molecule has 1 heterocycles. The summed E-state index contributed by atoms with van der Waals surface area (Å²) in [5, 5.41) is 4.21. The summed E-state index contributed by atoms with van der Waals surface area (Å²) in [6.07, 6.45) is 0. The Morgan fingerprint density at radius 2 is 2.33 bits per heavy atom. The van der Waals surface area contributed by atoms with Crippen LogP contribution in [0.5, 0.6) is 0 Å². The molecular formula is C8H7FN2O. The van der Waals surface area contributed by atoms with Gasteiger partial charge in [-0.25, -0.2) is 4.39 Å². The molecule has 3 nitrogen and oxygen atoms in total. The number of aromatic nitrogens is 1. The van der Waals surface area contributed by atoms with Crippen LogP contribution in [-0.2, 0) is 6.54 Å². The number of nitrogens with two attached hydrogens (primary N) is 1. The van der Waals surface area contributed by atoms with Crippen LogP contribution in [0.25, 0.3) is 10.9 Å². The van der Waals surface area contributed by atoms with Crippen molar-refractivity contribution in [2.45, 2.75) is 6.54 Å². The maximum absolute atomic E-state index is 13.0. The molecule has 2 N–H and O–H groups in total. The predicted molar refractivity (Wildman–Crippen MR) is 41.9 cm³/mol. The fourth-order valence-corrected chi connectivity index (χ4v) is 1.13. The van der Waals surface area contributed by atoms with E-state index in [1.54, 1.807) is 12.1 Å². The smallest absolute Gasteiger partial charge is 0.158 e. The van der Waals surface area contributed by atoms with Crippen molar-refractivity contribution in [3.8, 4) is 0 Å². The minimum absolute atomic E-state index is 0.236. The first-order chi connectivity index (χ1) is 5.83. The minimum atomic E-state index is -0.379. The Kier molecular flexibility index (Phi) is 1.55. The summed E-state index contributed by atoms with van der Waals surface area (Å²) < 4.78 is 17.8. The molecule has 0 radical (unpaired) electrons. The van der Waals surface area contributed by atoms with E-state index in [2.05, 4.69) is 5.16 Å². The molecule has 2 rings (SSSR count). The highest BCUT2D eigenvalue weighted by atomic mass is 19.1. The van der Waals surface area contributed by atoms with Crippen molar-refractivity contribution in [2.24, 2.45) is 5.73 Å². The van der Waals surface area contributed by atoms with E-state index in [-0.39, 0.29) is 17.9 Å². The van der Waals surface area contributed by atoms with Crippen LogP contribution >= 0.6 is 0 Å². The van der Waals surface area contributed by atoms with Gasteiger partial charge in [-0.15, -0.1) is 0 Å². The molecule has 0 fully saturated rings. The number of fused-ring (bicyclic) bond motifs is 1. The molecule has 12 heavy (non-hydrogen) atoms. The van der Waals surface area contributed by atoms with E-state index in [0.717, 1.165) is 0 Å². The Bertz CT molecular complexity index is 410. The third-order valence-corrected chi connectivity index (χ3v) is 1.72. The van der Waals surface area contributed by atoms with Gasteiger partial charge >= 0.3 is 0 Å². The molecule has 0 aliphatic carbocycles. The van der Waals surface area contributed by atoms with Gasteiger partial charge in [-0.05, 0) is 12.1 Å². The number of halogens is 1. The molecule has 0 aliphatic rings. The highest BCUT2D eigenvalue weighted by molar-refractivity contribution is 5.80. The van der Waals surface area contributed by atoms with Crippen LogP contribution in [0.1, 0.15) is 5.76 Å². The second kappa shape index (κ2) is 2.57. The molecule has 1 aromatic carbocycles.